The van der Waals surface area contributed by atoms with Gasteiger partial charge in [0.25, 0.3) is 11.8 Å². The summed E-state index contributed by atoms with van der Waals surface area (Å²) < 4.78 is 40.9. The average Bonchev–Trinajstić information content (AvgIpc) is 3.00. The van der Waals surface area contributed by atoms with Gasteiger partial charge >= 0.3 is 12.2 Å². The number of hydrogen-bond acceptors (Lipinski definition) is 3. The molecule has 1 aliphatic heterocycles. The molecule has 4 amide bonds. The number of nitrogens with zero attached hydrogens (tertiary/aromatic N) is 2. The van der Waals surface area contributed by atoms with E-state index >= 15 is 0 Å². The molecule has 1 aliphatic rings. The number of aryl methyl sites for hydroxylation is 1. The number of aromatic nitrogens is 1. The Balaban J connectivity index is 1.79. The molecule has 1 aromatic heterocycles. The molecule has 0 spiro atoms. The van der Waals surface area contributed by atoms with Crippen LogP contribution in [0.2, 0.25) is 0 Å². The lowest BCUT2D eigenvalue weighted by Crippen LogP contribution is -2.54. The van der Waals surface area contributed by atoms with Crippen LogP contribution in [-0.4, -0.2) is 22.4 Å². The smallest absolute Gasteiger partial charge is 0.350 e. The number of rotatable bonds is 2. The standard InChI is InChI=1S/C21H14F3N3O3/c1-26-11-12(15-7-2-3-8-17(15)26)9-16-18(28)25-20(30)27(19(16)29)14-6-4-5-13(10-14)21(22,23)24/h2-11H,1H3,(H,25,28,30). The number of carbonyl (C=O) groups is 3. The third kappa shape index (κ3) is 3.24. The van der Waals surface area contributed by atoms with Crippen LogP contribution in [0, 0.1) is 0 Å². The summed E-state index contributed by atoms with van der Waals surface area (Å²) in [6.07, 6.45) is -1.61. The first-order valence-electron chi connectivity index (χ1n) is 8.79. The van der Waals surface area contributed by atoms with E-state index in [1.807, 2.05) is 28.1 Å². The van der Waals surface area contributed by atoms with Gasteiger partial charge in [0.2, 0.25) is 0 Å². The zero-order valence-electron chi connectivity index (χ0n) is 15.5. The molecule has 0 aliphatic carbocycles. The van der Waals surface area contributed by atoms with Gasteiger partial charge in [0.15, 0.2) is 0 Å². The Hall–Kier alpha value is -3.88. The molecule has 3 aromatic rings. The number of benzene rings is 2. The molecule has 2 aromatic carbocycles. The van der Waals surface area contributed by atoms with Gasteiger partial charge in [-0.3, -0.25) is 14.9 Å². The summed E-state index contributed by atoms with van der Waals surface area (Å²) in [6, 6.07) is 9.98. The molecule has 1 fully saturated rings. The fourth-order valence-electron chi connectivity index (χ4n) is 3.36. The highest BCUT2D eigenvalue weighted by atomic mass is 19.4. The van der Waals surface area contributed by atoms with Gasteiger partial charge in [-0.2, -0.15) is 13.2 Å². The quantitative estimate of drug-likeness (QED) is 0.512. The fourth-order valence-corrected chi connectivity index (χ4v) is 3.36. The maximum atomic E-state index is 13.0. The summed E-state index contributed by atoms with van der Waals surface area (Å²) in [5.41, 5.74) is -0.243. The Labute approximate surface area is 168 Å². The van der Waals surface area contributed by atoms with Crippen molar-refractivity contribution in [2.45, 2.75) is 6.18 Å². The minimum absolute atomic E-state index is 0.288. The van der Waals surface area contributed by atoms with E-state index in [1.165, 1.54) is 12.1 Å². The number of carbonyl (C=O) groups excluding carboxylic acids is 3. The number of hydrogen-bond donors (Lipinski definition) is 1. The van der Waals surface area contributed by atoms with Crippen molar-refractivity contribution in [1.29, 1.82) is 0 Å². The van der Waals surface area contributed by atoms with Crippen LogP contribution < -0.4 is 10.2 Å². The van der Waals surface area contributed by atoms with Gasteiger partial charge in [-0.05, 0) is 30.3 Å². The van der Waals surface area contributed by atoms with Gasteiger partial charge in [0.05, 0.1) is 11.3 Å². The zero-order chi connectivity index (χ0) is 21.6. The molecule has 9 heteroatoms. The maximum absolute atomic E-state index is 13.0. The number of para-hydroxylation sites is 1. The number of urea groups is 1. The summed E-state index contributed by atoms with van der Waals surface area (Å²) in [4.78, 5) is 38.0. The Morgan fingerprint density at radius 3 is 2.47 bits per heavy atom. The van der Waals surface area contributed by atoms with Crippen molar-refractivity contribution in [2.75, 3.05) is 4.90 Å². The van der Waals surface area contributed by atoms with E-state index in [9.17, 15) is 27.6 Å². The fraction of sp³-hybridized carbons (Fsp3) is 0.0952. The molecule has 1 N–H and O–H groups in total. The second kappa shape index (κ2) is 6.87. The number of imide groups is 2. The first kappa shape index (κ1) is 19.4. The van der Waals surface area contributed by atoms with Crippen LogP contribution in [0.1, 0.15) is 11.1 Å². The molecule has 0 saturated carbocycles. The highest BCUT2D eigenvalue weighted by Crippen LogP contribution is 2.33. The zero-order valence-corrected chi connectivity index (χ0v) is 15.5. The number of fused-ring (bicyclic) bond motifs is 1. The van der Waals surface area contributed by atoms with Crippen molar-refractivity contribution in [1.82, 2.24) is 9.88 Å². The lowest BCUT2D eigenvalue weighted by molar-refractivity contribution is -0.137. The molecule has 152 valence electrons. The predicted octanol–water partition coefficient (Wildman–Crippen LogP) is 3.86. The van der Waals surface area contributed by atoms with Crippen LogP contribution in [0.25, 0.3) is 17.0 Å². The minimum Gasteiger partial charge on any atom is -0.350 e. The van der Waals surface area contributed by atoms with Crippen LogP contribution in [0.3, 0.4) is 0 Å². The van der Waals surface area contributed by atoms with Crippen LogP contribution >= 0.6 is 0 Å². The molecular weight excluding hydrogens is 399 g/mol. The number of nitrogens with one attached hydrogen (secondary N) is 1. The molecule has 2 heterocycles. The van der Waals surface area contributed by atoms with Crippen LogP contribution in [0.15, 0.2) is 60.3 Å². The topological polar surface area (TPSA) is 71.4 Å². The normalized spacial score (nSPS) is 16.5. The number of amides is 4. The van der Waals surface area contributed by atoms with Crippen molar-refractivity contribution in [3.63, 3.8) is 0 Å². The van der Waals surface area contributed by atoms with E-state index in [1.54, 1.807) is 19.3 Å². The van der Waals surface area contributed by atoms with E-state index in [4.69, 9.17) is 0 Å². The summed E-state index contributed by atoms with van der Waals surface area (Å²) >= 11 is 0. The van der Waals surface area contributed by atoms with Crippen LogP contribution in [0.5, 0.6) is 0 Å². The second-order valence-corrected chi connectivity index (χ2v) is 6.72. The molecule has 0 unspecified atom stereocenters. The average molecular weight is 413 g/mol. The molecule has 6 nitrogen and oxygen atoms in total. The number of barbiturate groups is 1. The molecule has 4 rings (SSSR count). The van der Waals surface area contributed by atoms with Crippen molar-refractivity contribution in [3.05, 3.63) is 71.4 Å². The van der Waals surface area contributed by atoms with Gasteiger partial charge in [0, 0.05) is 29.7 Å². The Kier molecular flexibility index (Phi) is 4.45. The van der Waals surface area contributed by atoms with E-state index in [0.717, 1.165) is 23.0 Å². The number of alkyl halides is 3. The summed E-state index contributed by atoms with van der Waals surface area (Å²) in [7, 11) is 1.80. The molecular formula is C21H14F3N3O3. The van der Waals surface area contributed by atoms with Gasteiger partial charge in [0.1, 0.15) is 5.57 Å². The number of anilines is 1. The highest BCUT2D eigenvalue weighted by Gasteiger charge is 2.38. The Bertz CT molecular complexity index is 1240. The lowest BCUT2D eigenvalue weighted by atomic mass is 10.1. The van der Waals surface area contributed by atoms with Gasteiger partial charge < -0.3 is 4.57 Å². The lowest BCUT2D eigenvalue weighted by Gasteiger charge is -2.26. The maximum Gasteiger partial charge on any atom is 0.416 e. The SMILES string of the molecule is Cn1cc(C=C2C(=O)NC(=O)N(c3cccc(C(F)(F)F)c3)C2=O)c2ccccc21. The van der Waals surface area contributed by atoms with E-state index in [-0.39, 0.29) is 11.3 Å². The number of halogens is 3. The van der Waals surface area contributed by atoms with E-state index < -0.39 is 29.6 Å². The second-order valence-electron chi connectivity index (χ2n) is 6.72. The van der Waals surface area contributed by atoms with Gasteiger partial charge in [-0.15, -0.1) is 0 Å². The van der Waals surface area contributed by atoms with Gasteiger partial charge in [-0.25, -0.2) is 9.69 Å². The monoisotopic (exact) mass is 413 g/mol. The molecule has 30 heavy (non-hydrogen) atoms. The van der Waals surface area contributed by atoms with Crippen molar-refractivity contribution < 1.29 is 27.6 Å². The molecule has 0 bridgehead atoms. The summed E-state index contributed by atoms with van der Waals surface area (Å²) in [5, 5.41) is 2.79. The highest BCUT2D eigenvalue weighted by molar-refractivity contribution is 6.39. The van der Waals surface area contributed by atoms with Crippen molar-refractivity contribution >= 4 is 40.5 Å². The first-order chi connectivity index (χ1) is 14.2. The largest absolute Gasteiger partial charge is 0.416 e. The van der Waals surface area contributed by atoms with Crippen LogP contribution in [-0.2, 0) is 22.8 Å². The Morgan fingerprint density at radius 2 is 1.73 bits per heavy atom. The Morgan fingerprint density at radius 1 is 1.00 bits per heavy atom. The molecule has 1 saturated heterocycles. The third-order valence-electron chi connectivity index (χ3n) is 4.76. The predicted molar refractivity (Wildman–Crippen MR) is 103 cm³/mol. The van der Waals surface area contributed by atoms with E-state index in [2.05, 4.69) is 0 Å². The summed E-state index contributed by atoms with van der Waals surface area (Å²) in [6.45, 7) is 0. The van der Waals surface area contributed by atoms with E-state index in [0.29, 0.717) is 16.5 Å². The van der Waals surface area contributed by atoms with Crippen molar-refractivity contribution in [3.8, 4) is 0 Å². The first-order valence-corrected chi connectivity index (χ1v) is 8.79. The minimum atomic E-state index is -4.65. The molecule has 0 radical (unpaired) electrons. The van der Waals surface area contributed by atoms with Crippen LogP contribution in [0.4, 0.5) is 23.7 Å². The van der Waals surface area contributed by atoms with Gasteiger partial charge in [-0.1, -0.05) is 24.3 Å². The molecule has 0 atom stereocenters. The third-order valence-corrected chi connectivity index (χ3v) is 4.76. The van der Waals surface area contributed by atoms with Crippen molar-refractivity contribution in [2.24, 2.45) is 7.05 Å². The summed E-state index contributed by atoms with van der Waals surface area (Å²) in [5.74, 6) is -1.92.